The Hall–Kier alpha value is -3.85. The van der Waals surface area contributed by atoms with Crippen molar-refractivity contribution in [2.24, 2.45) is 5.10 Å². The van der Waals surface area contributed by atoms with Crippen LogP contribution in [0.4, 0.5) is 4.79 Å². The number of urea groups is 1. The quantitative estimate of drug-likeness (QED) is 0.577. The van der Waals surface area contributed by atoms with E-state index in [-0.39, 0.29) is 5.76 Å². The number of nitrogens with one attached hydrogen (secondary N) is 1. The molecule has 4 amide bonds. The maximum absolute atomic E-state index is 13.3. The molecule has 0 saturated carbocycles. The summed E-state index contributed by atoms with van der Waals surface area (Å²) >= 11 is 5.99. The highest BCUT2D eigenvalue weighted by Crippen LogP contribution is 2.34. The van der Waals surface area contributed by atoms with Crippen molar-refractivity contribution in [1.29, 1.82) is 0 Å². The maximum atomic E-state index is 13.3. The van der Waals surface area contributed by atoms with Gasteiger partial charge in [-0.1, -0.05) is 23.7 Å². The topological polar surface area (TPSA) is 108 Å². The van der Waals surface area contributed by atoms with Gasteiger partial charge in [-0.15, -0.1) is 0 Å². The van der Waals surface area contributed by atoms with Gasteiger partial charge in [0.05, 0.1) is 18.2 Å². The molecule has 4 heterocycles. The summed E-state index contributed by atoms with van der Waals surface area (Å²) in [6, 6.07) is 12.7. The normalized spacial score (nSPS) is 22.6. The van der Waals surface area contributed by atoms with Crippen molar-refractivity contribution in [3.63, 3.8) is 0 Å². The van der Waals surface area contributed by atoms with E-state index in [1.54, 1.807) is 36.4 Å². The molecule has 0 aliphatic carbocycles. The molecule has 10 heteroatoms. The second-order valence-corrected chi connectivity index (χ2v) is 8.39. The number of amides is 4. The highest BCUT2D eigenvalue weighted by molar-refractivity contribution is 6.30. The number of imide groups is 1. The fourth-order valence-corrected chi connectivity index (χ4v) is 4.16. The van der Waals surface area contributed by atoms with E-state index in [0.29, 0.717) is 22.9 Å². The third-order valence-electron chi connectivity index (χ3n) is 5.80. The van der Waals surface area contributed by atoms with Crippen molar-refractivity contribution >= 4 is 35.2 Å². The molecule has 5 rings (SSSR count). The van der Waals surface area contributed by atoms with Gasteiger partial charge in [-0.3, -0.25) is 14.5 Å². The van der Waals surface area contributed by atoms with Gasteiger partial charge < -0.3 is 14.2 Å². The first-order valence-corrected chi connectivity index (χ1v) is 10.6. The lowest BCUT2D eigenvalue weighted by atomic mass is 9.99. The van der Waals surface area contributed by atoms with Gasteiger partial charge >= 0.3 is 6.03 Å². The van der Waals surface area contributed by atoms with Gasteiger partial charge in [0.1, 0.15) is 24.1 Å². The van der Waals surface area contributed by atoms with Crippen LogP contribution in [0.3, 0.4) is 0 Å². The Morgan fingerprint density at radius 1 is 1.15 bits per heavy atom. The summed E-state index contributed by atoms with van der Waals surface area (Å²) in [4.78, 5) is 39.8. The average Bonchev–Trinajstić information content (AvgIpc) is 3.59. The van der Waals surface area contributed by atoms with Gasteiger partial charge in [0.2, 0.25) is 0 Å². The van der Waals surface area contributed by atoms with Gasteiger partial charge in [-0.2, -0.15) is 5.10 Å². The second-order valence-electron chi connectivity index (χ2n) is 7.95. The average molecular weight is 467 g/mol. The molecule has 2 atom stereocenters. The Balaban J connectivity index is 1.41. The van der Waals surface area contributed by atoms with Crippen molar-refractivity contribution < 1.29 is 23.2 Å². The number of carbonyl (C=O) groups is 3. The van der Waals surface area contributed by atoms with Gasteiger partial charge in [0.25, 0.3) is 11.8 Å². The third-order valence-corrected chi connectivity index (χ3v) is 6.05. The molecule has 2 unspecified atom stereocenters. The van der Waals surface area contributed by atoms with E-state index < -0.39 is 36.0 Å². The molecule has 0 radical (unpaired) electrons. The molecule has 0 bridgehead atoms. The minimum Gasteiger partial charge on any atom is -0.467 e. The zero-order chi connectivity index (χ0) is 23.2. The van der Waals surface area contributed by atoms with Crippen molar-refractivity contribution in [1.82, 2.24) is 15.2 Å². The Bertz CT molecular complexity index is 1240. The first-order chi connectivity index (χ1) is 15.9. The first-order valence-electron chi connectivity index (χ1n) is 10.2. The molecule has 1 N–H and O–H groups in total. The molecule has 33 heavy (non-hydrogen) atoms. The molecular formula is C23H19ClN4O5. The first kappa shape index (κ1) is 21.0. The summed E-state index contributed by atoms with van der Waals surface area (Å²) in [5.41, 5.74) is 0.0926. The molecule has 3 aromatic rings. The van der Waals surface area contributed by atoms with Crippen LogP contribution in [0.2, 0.25) is 5.02 Å². The second kappa shape index (κ2) is 7.93. The lowest BCUT2D eigenvalue weighted by Crippen LogP contribution is -2.43. The molecular weight excluding hydrogens is 448 g/mol. The number of furan rings is 2. The monoisotopic (exact) mass is 466 g/mol. The van der Waals surface area contributed by atoms with E-state index in [1.807, 2.05) is 12.1 Å². The van der Waals surface area contributed by atoms with Crippen molar-refractivity contribution in [3.05, 3.63) is 83.2 Å². The van der Waals surface area contributed by atoms with Crippen LogP contribution in [0.15, 0.2) is 75.0 Å². The number of hydrogen-bond acceptors (Lipinski definition) is 6. The largest absolute Gasteiger partial charge is 0.467 e. The highest BCUT2D eigenvalue weighted by Gasteiger charge is 2.52. The summed E-state index contributed by atoms with van der Waals surface area (Å²) in [5.74, 6) is -0.263. The lowest BCUT2D eigenvalue weighted by molar-refractivity contribution is -0.140. The molecule has 1 aromatic carbocycles. The summed E-state index contributed by atoms with van der Waals surface area (Å²) in [5, 5.41) is 8.98. The van der Waals surface area contributed by atoms with E-state index in [0.717, 1.165) is 10.5 Å². The zero-order valence-corrected chi connectivity index (χ0v) is 18.3. The van der Waals surface area contributed by atoms with E-state index in [4.69, 9.17) is 20.4 Å². The minimum absolute atomic E-state index is 0.286. The smallest absolute Gasteiger partial charge is 0.325 e. The molecule has 2 aliphatic rings. The van der Waals surface area contributed by atoms with Crippen LogP contribution in [0.5, 0.6) is 0 Å². The van der Waals surface area contributed by atoms with E-state index in [9.17, 15) is 14.4 Å². The highest BCUT2D eigenvalue weighted by atomic mass is 35.5. The molecule has 0 spiro atoms. The summed E-state index contributed by atoms with van der Waals surface area (Å²) < 4.78 is 10.9. The van der Waals surface area contributed by atoms with E-state index in [2.05, 4.69) is 10.4 Å². The maximum Gasteiger partial charge on any atom is 0.325 e. The van der Waals surface area contributed by atoms with Crippen LogP contribution in [-0.4, -0.2) is 40.0 Å². The predicted molar refractivity (Wildman–Crippen MR) is 117 cm³/mol. The number of nitrogens with zero attached hydrogens (tertiary/aromatic N) is 3. The SMILES string of the molecule is CC1(c2ccco2)NC(=O)N(CC(=O)N2N=C(c3ccc(Cl)cc3)CC2c2ccco2)C1=O. The molecule has 168 valence electrons. The number of carbonyl (C=O) groups excluding carboxylic acids is 3. The van der Waals surface area contributed by atoms with Gasteiger partial charge in [-0.25, -0.2) is 9.80 Å². The summed E-state index contributed by atoms with van der Waals surface area (Å²) in [7, 11) is 0. The van der Waals surface area contributed by atoms with Gasteiger partial charge in [0, 0.05) is 11.4 Å². The van der Waals surface area contributed by atoms with Crippen LogP contribution >= 0.6 is 11.6 Å². The molecule has 9 nitrogen and oxygen atoms in total. The fraction of sp³-hybridized carbons (Fsp3) is 0.217. The number of halogens is 1. The number of hydrogen-bond donors (Lipinski definition) is 1. The van der Waals surface area contributed by atoms with Crippen LogP contribution in [0.25, 0.3) is 0 Å². The molecule has 2 aromatic heterocycles. The minimum atomic E-state index is -1.38. The van der Waals surface area contributed by atoms with Crippen molar-refractivity contribution in [2.45, 2.75) is 24.9 Å². The van der Waals surface area contributed by atoms with Crippen LogP contribution in [0, 0.1) is 0 Å². The van der Waals surface area contributed by atoms with Crippen molar-refractivity contribution in [2.75, 3.05) is 6.54 Å². The van der Waals surface area contributed by atoms with Crippen LogP contribution in [-0.2, 0) is 15.1 Å². The lowest BCUT2D eigenvalue weighted by Gasteiger charge is -2.23. The van der Waals surface area contributed by atoms with Crippen LogP contribution < -0.4 is 5.32 Å². The Kier molecular flexibility index (Phi) is 5.05. The molecule has 1 fully saturated rings. The summed E-state index contributed by atoms with van der Waals surface area (Å²) in [6.07, 6.45) is 3.34. The summed E-state index contributed by atoms with van der Waals surface area (Å²) in [6.45, 7) is 1.06. The third kappa shape index (κ3) is 3.60. The van der Waals surface area contributed by atoms with Crippen molar-refractivity contribution in [3.8, 4) is 0 Å². The zero-order valence-electron chi connectivity index (χ0n) is 17.5. The predicted octanol–water partition coefficient (Wildman–Crippen LogP) is 3.67. The Morgan fingerprint density at radius 2 is 1.88 bits per heavy atom. The Labute approximate surface area is 193 Å². The van der Waals surface area contributed by atoms with Gasteiger partial charge in [0.15, 0.2) is 5.54 Å². The number of rotatable bonds is 5. The van der Waals surface area contributed by atoms with Crippen LogP contribution in [0.1, 0.15) is 36.5 Å². The number of benzene rings is 1. The van der Waals surface area contributed by atoms with E-state index in [1.165, 1.54) is 24.5 Å². The Morgan fingerprint density at radius 3 is 2.55 bits per heavy atom. The fourth-order valence-electron chi connectivity index (χ4n) is 4.04. The molecule has 2 aliphatic heterocycles. The van der Waals surface area contributed by atoms with Gasteiger partial charge in [-0.05, 0) is 48.9 Å². The number of hydrazone groups is 1. The standard InChI is InChI=1S/C23H19ClN4O5/c1-23(19-5-3-11-33-19)21(30)27(22(31)25-23)13-20(29)28-17(18-4-2-10-32-18)12-16(26-28)14-6-8-15(24)9-7-14/h2-11,17H,12-13H2,1H3,(H,25,31). The van der Waals surface area contributed by atoms with E-state index >= 15 is 0 Å². The molecule has 1 saturated heterocycles.